The topological polar surface area (TPSA) is 3.24 Å². The van der Waals surface area contributed by atoms with Crippen LogP contribution in [0.5, 0.6) is 0 Å². The van der Waals surface area contributed by atoms with Crippen molar-refractivity contribution in [3.05, 3.63) is 34.6 Å². The van der Waals surface area contributed by atoms with Crippen molar-refractivity contribution < 1.29 is 4.39 Å². The van der Waals surface area contributed by atoms with Gasteiger partial charge in [-0.25, -0.2) is 4.39 Å². The van der Waals surface area contributed by atoms with Gasteiger partial charge in [0.1, 0.15) is 5.82 Å². The Hall–Kier alpha value is -0.120. The van der Waals surface area contributed by atoms with E-state index in [0.29, 0.717) is 11.1 Å². The van der Waals surface area contributed by atoms with E-state index in [9.17, 15) is 4.39 Å². The van der Waals surface area contributed by atoms with E-state index in [1.165, 1.54) is 38.2 Å². The Morgan fingerprint density at radius 1 is 1.26 bits per heavy atom. The first-order valence-corrected chi connectivity index (χ1v) is 8.44. The molecular weight excluding hydrogens is 329 g/mol. The first kappa shape index (κ1) is 15.3. The molecular formula is C15H20BrClFN. The highest BCUT2D eigenvalue weighted by atomic mass is 79.9. The third kappa shape index (κ3) is 4.44. The first-order valence-electron chi connectivity index (χ1n) is 6.94. The van der Waals surface area contributed by atoms with Crippen LogP contribution in [0.3, 0.4) is 0 Å². The van der Waals surface area contributed by atoms with Gasteiger partial charge >= 0.3 is 0 Å². The smallest absolute Gasteiger partial charge is 0.123 e. The monoisotopic (exact) mass is 347 g/mol. The molecule has 0 radical (unpaired) electrons. The van der Waals surface area contributed by atoms with Gasteiger partial charge in [-0.15, -0.1) is 0 Å². The molecule has 0 heterocycles. The molecule has 1 aliphatic rings. The zero-order valence-electron chi connectivity index (χ0n) is 11.0. The van der Waals surface area contributed by atoms with E-state index in [4.69, 9.17) is 11.6 Å². The van der Waals surface area contributed by atoms with E-state index in [1.807, 2.05) is 0 Å². The van der Waals surface area contributed by atoms with Crippen molar-refractivity contribution in [2.75, 3.05) is 11.9 Å². The first-order chi connectivity index (χ1) is 9.20. The number of hydrogen-bond donors (Lipinski definition) is 0. The van der Waals surface area contributed by atoms with Crippen molar-refractivity contribution in [3.8, 4) is 0 Å². The Labute approximate surface area is 128 Å². The fourth-order valence-electron chi connectivity index (χ4n) is 2.83. The van der Waals surface area contributed by atoms with Crippen LogP contribution >= 0.6 is 27.5 Å². The third-order valence-corrected chi connectivity index (χ3v) is 4.57. The third-order valence-electron chi connectivity index (χ3n) is 3.84. The minimum atomic E-state index is -0.207. The van der Waals surface area contributed by atoms with Crippen molar-refractivity contribution in [2.24, 2.45) is 0 Å². The maximum atomic E-state index is 13.3. The summed E-state index contributed by atoms with van der Waals surface area (Å²) in [5.41, 5.74) is 0.896. The highest BCUT2D eigenvalue weighted by Crippen LogP contribution is 2.26. The molecule has 106 valence electrons. The quantitative estimate of drug-likeness (QED) is 0.676. The van der Waals surface area contributed by atoms with Crippen LogP contribution in [0.15, 0.2) is 18.2 Å². The molecule has 4 heteroatoms. The molecule has 0 aliphatic heterocycles. The average molecular weight is 349 g/mol. The lowest BCUT2D eigenvalue weighted by atomic mass is 9.94. The maximum absolute atomic E-state index is 13.3. The summed E-state index contributed by atoms with van der Waals surface area (Å²) in [6.45, 7) is 1.73. The van der Waals surface area contributed by atoms with Crippen LogP contribution in [0.4, 0.5) is 4.39 Å². The number of nitrogens with zero attached hydrogens (tertiary/aromatic N) is 1. The molecule has 0 unspecified atom stereocenters. The SMILES string of the molecule is Fc1ccc(Cl)c(CN(CCBr)C2CCCCC2)c1. The molecule has 0 atom stereocenters. The van der Waals surface area contributed by atoms with Crippen molar-refractivity contribution in [1.29, 1.82) is 0 Å². The zero-order chi connectivity index (χ0) is 13.7. The van der Waals surface area contributed by atoms with E-state index in [1.54, 1.807) is 12.1 Å². The van der Waals surface area contributed by atoms with E-state index in [-0.39, 0.29) is 5.82 Å². The molecule has 0 amide bonds. The number of rotatable bonds is 5. The van der Waals surface area contributed by atoms with Gasteiger partial charge in [-0.2, -0.15) is 0 Å². The second kappa shape index (κ2) is 7.61. The van der Waals surface area contributed by atoms with Crippen LogP contribution < -0.4 is 0 Å². The second-order valence-electron chi connectivity index (χ2n) is 5.19. The summed E-state index contributed by atoms with van der Waals surface area (Å²) in [6.07, 6.45) is 6.46. The summed E-state index contributed by atoms with van der Waals surface area (Å²) < 4.78 is 13.3. The average Bonchev–Trinajstić information content (AvgIpc) is 2.43. The van der Waals surface area contributed by atoms with Gasteiger partial charge in [-0.1, -0.05) is 46.8 Å². The van der Waals surface area contributed by atoms with Gasteiger partial charge in [0.25, 0.3) is 0 Å². The lowest BCUT2D eigenvalue weighted by Gasteiger charge is -2.34. The standard InChI is InChI=1S/C15H20BrClFN/c16-8-9-19(14-4-2-1-3-5-14)11-12-10-13(18)6-7-15(12)17/h6-7,10,14H,1-5,8-9,11H2. The minimum Gasteiger partial charge on any atom is -0.295 e. The van der Waals surface area contributed by atoms with Crippen molar-refractivity contribution in [2.45, 2.75) is 44.7 Å². The van der Waals surface area contributed by atoms with Gasteiger partial charge in [0.05, 0.1) is 0 Å². The molecule has 1 nitrogen and oxygen atoms in total. The highest BCUT2D eigenvalue weighted by molar-refractivity contribution is 9.09. The summed E-state index contributed by atoms with van der Waals surface area (Å²) in [5.74, 6) is -0.207. The minimum absolute atomic E-state index is 0.207. The molecule has 0 spiro atoms. The van der Waals surface area contributed by atoms with Crippen molar-refractivity contribution in [1.82, 2.24) is 4.90 Å². The van der Waals surface area contributed by atoms with Gasteiger partial charge in [0.15, 0.2) is 0 Å². The van der Waals surface area contributed by atoms with Gasteiger partial charge in [-0.3, -0.25) is 4.90 Å². The maximum Gasteiger partial charge on any atom is 0.123 e. The Kier molecular flexibility index (Phi) is 6.11. The number of alkyl halides is 1. The van der Waals surface area contributed by atoms with Gasteiger partial charge in [0, 0.05) is 29.5 Å². The number of benzene rings is 1. The molecule has 1 aliphatic carbocycles. The summed E-state index contributed by atoms with van der Waals surface area (Å²) in [5, 5.41) is 1.60. The number of hydrogen-bond acceptors (Lipinski definition) is 1. The van der Waals surface area contributed by atoms with Gasteiger partial charge in [-0.05, 0) is 36.6 Å². The molecule has 0 aromatic heterocycles. The van der Waals surface area contributed by atoms with E-state index in [0.717, 1.165) is 24.0 Å². The van der Waals surface area contributed by atoms with E-state index >= 15 is 0 Å². The van der Waals surface area contributed by atoms with Crippen molar-refractivity contribution >= 4 is 27.5 Å². The summed E-state index contributed by atoms with van der Waals surface area (Å²) >= 11 is 9.69. The largest absolute Gasteiger partial charge is 0.295 e. The molecule has 0 N–H and O–H groups in total. The zero-order valence-corrected chi connectivity index (χ0v) is 13.4. The molecule has 1 fully saturated rings. The molecule has 0 saturated heterocycles. The van der Waals surface area contributed by atoms with Gasteiger partial charge in [0.2, 0.25) is 0 Å². The fraction of sp³-hybridized carbons (Fsp3) is 0.600. The Morgan fingerprint density at radius 3 is 2.68 bits per heavy atom. The van der Waals surface area contributed by atoms with Crippen LogP contribution in [0.1, 0.15) is 37.7 Å². The molecule has 1 saturated carbocycles. The predicted octanol–water partition coefficient (Wildman–Crippen LogP) is 5.01. The highest BCUT2D eigenvalue weighted by Gasteiger charge is 2.21. The normalized spacial score (nSPS) is 17.1. The Balaban J connectivity index is 2.08. The summed E-state index contributed by atoms with van der Waals surface area (Å²) in [4.78, 5) is 2.44. The molecule has 1 aromatic rings. The predicted molar refractivity (Wildman–Crippen MR) is 82.5 cm³/mol. The van der Waals surface area contributed by atoms with Crippen molar-refractivity contribution in [3.63, 3.8) is 0 Å². The fourth-order valence-corrected chi connectivity index (χ4v) is 3.46. The Bertz CT molecular complexity index is 407. The molecule has 2 rings (SSSR count). The van der Waals surface area contributed by atoms with E-state index in [2.05, 4.69) is 20.8 Å². The second-order valence-corrected chi connectivity index (χ2v) is 6.39. The van der Waals surface area contributed by atoms with Gasteiger partial charge < -0.3 is 0 Å². The molecule has 1 aromatic carbocycles. The van der Waals surface area contributed by atoms with Crippen LogP contribution in [0.2, 0.25) is 5.02 Å². The summed E-state index contributed by atoms with van der Waals surface area (Å²) in [6, 6.07) is 5.25. The number of halogens is 3. The van der Waals surface area contributed by atoms with Crippen LogP contribution in [-0.4, -0.2) is 22.8 Å². The van der Waals surface area contributed by atoms with E-state index < -0.39 is 0 Å². The van der Waals surface area contributed by atoms with Crippen LogP contribution in [0, 0.1) is 5.82 Å². The lowest BCUT2D eigenvalue weighted by Crippen LogP contribution is -2.37. The van der Waals surface area contributed by atoms with Crippen LogP contribution in [-0.2, 0) is 6.54 Å². The molecule has 0 bridgehead atoms. The lowest BCUT2D eigenvalue weighted by molar-refractivity contribution is 0.157. The Morgan fingerprint density at radius 2 is 2.00 bits per heavy atom. The van der Waals surface area contributed by atoms with Crippen LogP contribution in [0.25, 0.3) is 0 Å². The molecule has 19 heavy (non-hydrogen) atoms. The summed E-state index contributed by atoms with van der Waals surface area (Å²) in [7, 11) is 0.